The third-order valence-corrected chi connectivity index (χ3v) is 3.35. The van der Waals surface area contributed by atoms with Crippen LogP contribution in [0.4, 0.5) is 5.82 Å². The van der Waals surface area contributed by atoms with Crippen LogP contribution < -0.4 is 5.32 Å². The van der Waals surface area contributed by atoms with Crippen molar-refractivity contribution in [2.24, 2.45) is 0 Å². The molecule has 0 atom stereocenters. The van der Waals surface area contributed by atoms with Crippen LogP contribution >= 0.6 is 11.6 Å². The second kappa shape index (κ2) is 5.43. The van der Waals surface area contributed by atoms with Gasteiger partial charge in [0.25, 0.3) is 0 Å². The van der Waals surface area contributed by atoms with E-state index in [4.69, 9.17) is 11.6 Å². The average Bonchev–Trinajstić information content (AvgIpc) is 2.49. The third-order valence-electron chi connectivity index (χ3n) is 3.07. The van der Waals surface area contributed by atoms with E-state index in [1.54, 1.807) is 0 Å². The number of hydrogen-bond acceptors (Lipinski definition) is 4. The molecule has 1 aromatic carbocycles. The maximum atomic E-state index is 6.05. The fourth-order valence-corrected chi connectivity index (χ4v) is 2.19. The van der Waals surface area contributed by atoms with Gasteiger partial charge in [-0.15, -0.1) is 10.2 Å². The molecule has 0 saturated heterocycles. The van der Waals surface area contributed by atoms with E-state index in [1.165, 1.54) is 0 Å². The number of fused-ring (bicyclic) bond motifs is 1. The average molecular weight is 285 g/mol. The van der Waals surface area contributed by atoms with E-state index in [9.17, 15) is 0 Å². The molecular formula is C15H13ClN4. The summed E-state index contributed by atoms with van der Waals surface area (Å²) in [7, 11) is 0. The molecule has 5 heteroatoms. The highest BCUT2D eigenvalue weighted by molar-refractivity contribution is 6.34. The molecule has 0 radical (unpaired) electrons. The fourth-order valence-electron chi connectivity index (χ4n) is 1.99. The topological polar surface area (TPSA) is 50.7 Å². The van der Waals surface area contributed by atoms with Crippen LogP contribution in [0.15, 0.2) is 42.6 Å². The highest BCUT2D eigenvalue weighted by Crippen LogP contribution is 2.25. The minimum absolute atomic E-state index is 0.420. The first-order valence-electron chi connectivity index (χ1n) is 6.30. The Bertz CT molecular complexity index is 740. The van der Waals surface area contributed by atoms with E-state index in [1.807, 2.05) is 49.5 Å². The van der Waals surface area contributed by atoms with Gasteiger partial charge in [0.1, 0.15) is 0 Å². The van der Waals surface area contributed by atoms with Gasteiger partial charge >= 0.3 is 0 Å². The first-order valence-corrected chi connectivity index (χ1v) is 6.68. The van der Waals surface area contributed by atoms with Gasteiger partial charge in [0.05, 0.1) is 0 Å². The van der Waals surface area contributed by atoms with Crippen LogP contribution in [0.1, 0.15) is 11.3 Å². The van der Waals surface area contributed by atoms with E-state index in [2.05, 4.69) is 20.5 Å². The van der Waals surface area contributed by atoms with Crippen LogP contribution in [0.2, 0.25) is 5.15 Å². The number of hydrogen-bond donors (Lipinski definition) is 1. The van der Waals surface area contributed by atoms with Gasteiger partial charge in [-0.25, -0.2) is 0 Å². The second-order valence-electron chi connectivity index (χ2n) is 4.55. The van der Waals surface area contributed by atoms with Crippen molar-refractivity contribution >= 4 is 28.2 Å². The summed E-state index contributed by atoms with van der Waals surface area (Å²) in [5.41, 5.74) is 2.10. The SMILES string of the molecule is Cc1ccc(CNc2nnc(Cl)c3ccccc23)cn1. The fraction of sp³-hybridized carbons (Fsp3) is 0.133. The molecule has 100 valence electrons. The summed E-state index contributed by atoms with van der Waals surface area (Å²) >= 11 is 6.05. The zero-order chi connectivity index (χ0) is 13.9. The molecule has 0 aliphatic rings. The minimum Gasteiger partial charge on any atom is -0.364 e. The van der Waals surface area contributed by atoms with Crippen LogP contribution in [0.3, 0.4) is 0 Å². The van der Waals surface area contributed by atoms with E-state index in [-0.39, 0.29) is 0 Å². The molecule has 0 aliphatic carbocycles. The molecule has 1 N–H and O–H groups in total. The van der Waals surface area contributed by atoms with Crippen molar-refractivity contribution in [3.8, 4) is 0 Å². The Kier molecular flexibility index (Phi) is 3.48. The van der Waals surface area contributed by atoms with Crippen molar-refractivity contribution in [3.05, 3.63) is 59.0 Å². The number of halogens is 1. The maximum absolute atomic E-state index is 6.05. The van der Waals surface area contributed by atoms with Crippen molar-refractivity contribution in [3.63, 3.8) is 0 Å². The Morgan fingerprint density at radius 3 is 2.60 bits per heavy atom. The molecule has 0 aliphatic heterocycles. The van der Waals surface area contributed by atoms with Gasteiger partial charge in [-0.05, 0) is 18.6 Å². The molecular weight excluding hydrogens is 272 g/mol. The van der Waals surface area contributed by atoms with Crippen LogP contribution in [-0.2, 0) is 6.54 Å². The van der Waals surface area contributed by atoms with Gasteiger partial charge in [-0.3, -0.25) is 4.98 Å². The van der Waals surface area contributed by atoms with Gasteiger partial charge < -0.3 is 5.32 Å². The number of aryl methyl sites for hydroxylation is 1. The molecule has 0 amide bonds. The van der Waals surface area contributed by atoms with E-state index >= 15 is 0 Å². The Morgan fingerprint density at radius 1 is 1.05 bits per heavy atom. The Morgan fingerprint density at radius 2 is 1.85 bits per heavy atom. The van der Waals surface area contributed by atoms with E-state index in [0.717, 1.165) is 27.8 Å². The lowest BCUT2D eigenvalue weighted by atomic mass is 10.2. The number of rotatable bonds is 3. The monoisotopic (exact) mass is 284 g/mol. The van der Waals surface area contributed by atoms with Crippen molar-refractivity contribution in [1.29, 1.82) is 0 Å². The smallest absolute Gasteiger partial charge is 0.159 e. The summed E-state index contributed by atoms with van der Waals surface area (Å²) in [6.45, 7) is 2.61. The number of nitrogens with one attached hydrogen (secondary N) is 1. The number of benzene rings is 1. The molecule has 4 nitrogen and oxygen atoms in total. The Hall–Kier alpha value is -2.20. The summed E-state index contributed by atoms with van der Waals surface area (Å²) in [4.78, 5) is 4.27. The molecule has 0 bridgehead atoms. The first kappa shape index (κ1) is 12.8. The van der Waals surface area contributed by atoms with Gasteiger partial charge in [-0.1, -0.05) is 41.9 Å². The van der Waals surface area contributed by atoms with Crippen molar-refractivity contribution < 1.29 is 0 Å². The van der Waals surface area contributed by atoms with Crippen LogP contribution in [0, 0.1) is 6.92 Å². The third kappa shape index (κ3) is 2.56. The van der Waals surface area contributed by atoms with Gasteiger partial charge in [0.2, 0.25) is 0 Å². The normalized spacial score (nSPS) is 10.7. The molecule has 2 heterocycles. The molecule has 0 spiro atoms. The predicted octanol–water partition coefficient (Wildman–Crippen LogP) is 3.60. The lowest BCUT2D eigenvalue weighted by molar-refractivity contribution is 1.01. The van der Waals surface area contributed by atoms with E-state index < -0.39 is 0 Å². The summed E-state index contributed by atoms with van der Waals surface area (Å²) in [6.07, 6.45) is 1.86. The summed E-state index contributed by atoms with van der Waals surface area (Å²) in [6, 6.07) is 11.8. The summed E-state index contributed by atoms with van der Waals surface area (Å²) in [5, 5.41) is 13.7. The first-order chi connectivity index (χ1) is 9.74. The number of nitrogens with zero attached hydrogens (tertiary/aromatic N) is 3. The highest BCUT2D eigenvalue weighted by atomic mass is 35.5. The van der Waals surface area contributed by atoms with Crippen LogP contribution in [0.5, 0.6) is 0 Å². The van der Waals surface area contributed by atoms with Gasteiger partial charge in [-0.2, -0.15) is 0 Å². The molecule has 2 aromatic heterocycles. The predicted molar refractivity (Wildman–Crippen MR) is 80.8 cm³/mol. The minimum atomic E-state index is 0.420. The maximum Gasteiger partial charge on any atom is 0.159 e. The molecule has 3 aromatic rings. The van der Waals surface area contributed by atoms with Crippen molar-refractivity contribution in [2.75, 3.05) is 5.32 Å². The lowest BCUT2D eigenvalue weighted by Crippen LogP contribution is -2.04. The van der Waals surface area contributed by atoms with E-state index in [0.29, 0.717) is 11.7 Å². The molecule has 0 unspecified atom stereocenters. The van der Waals surface area contributed by atoms with Gasteiger partial charge in [0, 0.05) is 29.2 Å². The molecule has 0 saturated carbocycles. The zero-order valence-corrected chi connectivity index (χ0v) is 11.7. The largest absolute Gasteiger partial charge is 0.364 e. The van der Waals surface area contributed by atoms with Crippen molar-refractivity contribution in [1.82, 2.24) is 15.2 Å². The second-order valence-corrected chi connectivity index (χ2v) is 4.90. The molecule has 3 rings (SSSR count). The highest BCUT2D eigenvalue weighted by Gasteiger charge is 2.06. The molecule has 0 fully saturated rings. The van der Waals surface area contributed by atoms with Crippen molar-refractivity contribution in [2.45, 2.75) is 13.5 Å². The van der Waals surface area contributed by atoms with Gasteiger partial charge in [0.15, 0.2) is 11.0 Å². The number of pyridine rings is 1. The number of aromatic nitrogens is 3. The standard InChI is InChI=1S/C15H13ClN4/c1-10-6-7-11(8-17-10)9-18-15-13-5-3-2-4-12(13)14(16)19-20-15/h2-8H,9H2,1H3,(H,18,20). The Balaban J connectivity index is 1.88. The summed E-state index contributed by atoms with van der Waals surface area (Å²) in [5.74, 6) is 0.727. The molecule has 20 heavy (non-hydrogen) atoms. The lowest BCUT2D eigenvalue weighted by Gasteiger charge is -2.08. The zero-order valence-electron chi connectivity index (χ0n) is 11.0. The van der Waals surface area contributed by atoms with Crippen LogP contribution in [0.25, 0.3) is 10.8 Å². The number of anilines is 1. The Labute approximate surface area is 121 Å². The summed E-state index contributed by atoms with van der Waals surface area (Å²) < 4.78 is 0. The quantitative estimate of drug-likeness (QED) is 0.798. The van der Waals surface area contributed by atoms with Crippen LogP contribution in [-0.4, -0.2) is 15.2 Å².